The van der Waals surface area contributed by atoms with Crippen LogP contribution in [0.15, 0.2) is 186 Å². The summed E-state index contributed by atoms with van der Waals surface area (Å²) in [6, 6.07) is 66.3. The van der Waals surface area contributed by atoms with E-state index >= 15 is 0 Å². The molecule has 0 saturated carbocycles. The van der Waals surface area contributed by atoms with Crippen molar-refractivity contribution in [1.82, 2.24) is 9.13 Å². The van der Waals surface area contributed by atoms with Gasteiger partial charge in [0.05, 0.1) is 32.8 Å². The zero-order valence-corrected chi connectivity index (χ0v) is 29.6. The van der Waals surface area contributed by atoms with Gasteiger partial charge >= 0.3 is 0 Å². The highest BCUT2D eigenvalue weighted by atomic mass is 16.3. The Morgan fingerprint density at radius 3 is 1.64 bits per heavy atom. The lowest BCUT2D eigenvalue weighted by atomic mass is 9.94. The topological polar surface area (TPSA) is 23.0 Å². The minimum Gasteiger partial charge on any atom is -0.455 e. The van der Waals surface area contributed by atoms with Gasteiger partial charge in [-0.1, -0.05) is 140 Å². The van der Waals surface area contributed by atoms with Gasteiger partial charge in [-0.05, 0) is 86.6 Å². The van der Waals surface area contributed by atoms with Crippen molar-refractivity contribution in [2.45, 2.75) is 0 Å². The fraction of sp³-hybridized carbons (Fsp3) is 0. The second-order valence-corrected chi connectivity index (χ2v) is 14.8. The van der Waals surface area contributed by atoms with E-state index in [9.17, 15) is 0 Å². The number of hydrogen-bond donors (Lipinski definition) is 0. The summed E-state index contributed by atoms with van der Waals surface area (Å²) in [6.45, 7) is 0. The molecule has 3 heterocycles. The normalized spacial score (nSPS) is 12.4. The SMILES string of the molecule is c1ccc(-n2c3ccccc3c3c4oc5ccccc5c4c4c(c5ccccc5n4-c4cccc(-c5ccc6c7c(cccc57)-c5ccccc5-6)c4)c32)cc1. The Bertz CT molecular complexity index is 3570. The third kappa shape index (κ3) is 3.74. The number of para-hydroxylation sites is 4. The van der Waals surface area contributed by atoms with Crippen LogP contribution in [0.3, 0.4) is 0 Å². The number of furan rings is 1. The van der Waals surface area contributed by atoms with E-state index < -0.39 is 0 Å². The first-order valence-electron chi connectivity index (χ1n) is 18.9. The number of rotatable bonds is 3. The molecule has 0 unspecified atom stereocenters. The second kappa shape index (κ2) is 10.6. The molecule has 0 fully saturated rings. The Hall–Kier alpha value is -7.36. The van der Waals surface area contributed by atoms with E-state index in [1.54, 1.807) is 0 Å². The number of aromatic nitrogens is 2. The van der Waals surface area contributed by atoms with Gasteiger partial charge in [0, 0.05) is 32.9 Å². The van der Waals surface area contributed by atoms with Gasteiger partial charge in [0.1, 0.15) is 11.2 Å². The summed E-state index contributed by atoms with van der Waals surface area (Å²) >= 11 is 0. The molecule has 0 amide bonds. The van der Waals surface area contributed by atoms with Crippen molar-refractivity contribution in [2.24, 2.45) is 0 Å². The van der Waals surface area contributed by atoms with E-state index in [2.05, 4.69) is 191 Å². The van der Waals surface area contributed by atoms with Crippen molar-refractivity contribution >= 4 is 76.3 Å². The van der Waals surface area contributed by atoms with Crippen molar-refractivity contribution in [2.75, 3.05) is 0 Å². The summed E-state index contributed by atoms with van der Waals surface area (Å²) in [6.07, 6.45) is 0. The molecule has 1 aliphatic rings. The van der Waals surface area contributed by atoms with Gasteiger partial charge in [-0.15, -0.1) is 0 Å². The molecular weight excluding hydrogens is 669 g/mol. The van der Waals surface area contributed by atoms with Crippen LogP contribution >= 0.6 is 0 Å². The van der Waals surface area contributed by atoms with Crippen molar-refractivity contribution in [3.63, 3.8) is 0 Å². The van der Waals surface area contributed by atoms with E-state index in [1.165, 1.54) is 60.3 Å². The monoisotopic (exact) mass is 698 g/mol. The molecule has 3 aromatic heterocycles. The molecule has 9 aromatic carbocycles. The standard InChI is InChI=1S/C52H30N2O/c1-2-15-32(16-3-1)53-44-26-10-7-21-41(44)48-50(53)47-40-20-6-9-25-43(40)54(51(47)49-42-22-8-11-27-45(42)55-52(48)49)33-17-12-14-31(30-33)34-28-29-39-36-19-5-4-18-35(36)38-24-13-23-37(34)46(38)39/h1-30H. The van der Waals surface area contributed by atoms with Crippen molar-refractivity contribution in [3.05, 3.63) is 182 Å². The Morgan fingerprint density at radius 1 is 0.327 bits per heavy atom. The molecule has 12 aromatic rings. The highest BCUT2D eigenvalue weighted by molar-refractivity contribution is 6.39. The minimum absolute atomic E-state index is 0.891. The zero-order valence-electron chi connectivity index (χ0n) is 29.6. The molecule has 254 valence electrons. The predicted molar refractivity (Wildman–Crippen MR) is 230 cm³/mol. The molecular formula is C52H30N2O. The van der Waals surface area contributed by atoms with E-state index in [-0.39, 0.29) is 0 Å². The quantitative estimate of drug-likeness (QED) is 0.180. The van der Waals surface area contributed by atoms with Crippen LogP contribution in [0.1, 0.15) is 0 Å². The van der Waals surface area contributed by atoms with Crippen LogP contribution in [-0.4, -0.2) is 9.13 Å². The maximum atomic E-state index is 6.99. The van der Waals surface area contributed by atoms with Gasteiger partial charge in [-0.3, -0.25) is 0 Å². The number of benzene rings is 9. The molecule has 0 saturated heterocycles. The van der Waals surface area contributed by atoms with Gasteiger partial charge in [0.2, 0.25) is 0 Å². The molecule has 55 heavy (non-hydrogen) atoms. The third-order valence-corrected chi connectivity index (χ3v) is 12.0. The van der Waals surface area contributed by atoms with Crippen molar-refractivity contribution in [3.8, 4) is 44.8 Å². The first kappa shape index (κ1) is 29.1. The minimum atomic E-state index is 0.891. The van der Waals surface area contributed by atoms with Crippen LogP contribution in [0.4, 0.5) is 0 Å². The number of fused-ring (bicyclic) bond motifs is 15. The Labute approximate surface area is 315 Å². The Kier molecular flexibility index (Phi) is 5.63. The first-order chi connectivity index (χ1) is 27.3. The van der Waals surface area contributed by atoms with Gasteiger partial charge in [0.15, 0.2) is 0 Å². The Balaban J connectivity index is 1.19. The zero-order chi connectivity index (χ0) is 35.8. The fourth-order valence-corrected chi connectivity index (χ4v) is 9.87. The molecule has 13 rings (SSSR count). The average Bonchev–Trinajstić information content (AvgIpc) is 3.99. The van der Waals surface area contributed by atoms with Crippen LogP contribution in [-0.2, 0) is 0 Å². The number of hydrogen-bond acceptors (Lipinski definition) is 1. The van der Waals surface area contributed by atoms with E-state index in [0.29, 0.717) is 0 Å². The van der Waals surface area contributed by atoms with Crippen molar-refractivity contribution < 1.29 is 4.42 Å². The summed E-state index contributed by atoms with van der Waals surface area (Å²) in [4.78, 5) is 0. The van der Waals surface area contributed by atoms with Crippen molar-refractivity contribution in [1.29, 1.82) is 0 Å². The first-order valence-corrected chi connectivity index (χ1v) is 18.9. The summed E-state index contributed by atoms with van der Waals surface area (Å²) in [5.41, 5.74) is 16.4. The molecule has 0 spiro atoms. The van der Waals surface area contributed by atoms with Crippen LogP contribution < -0.4 is 0 Å². The highest BCUT2D eigenvalue weighted by Crippen LogP contribution is 2.51. The summed E-state index contributed by atoms with van der Waals surface area (Å²) in [7, 11) is 0. The molecule has 3 heteroatoms. The lowest BCUT2D eigenvalue weighted by Crippen LogP contribution is -1.96. The summed E-state index contributed by atoms with van der Waals surface area (Å²) in [5.74, 6) is 0. The van der Waals surface area contributed by atoms with Gasteiger partial charge < -0.3 is 13.6 Å². The Morgan fingerprint density at radius 2 is 0.855 bits per heavy atom. The maximum Gasteiger partial charge on any atom is 0.147 e. The molecule has 0 N–H and O–H groups in total. The van der Waals surface area contributed by atoms with E-state index in [0.717, 1.165) is 60.8 Å². The lowest BCUT2D eigenvalue weighted by molar-refractivity contribution is 0.673. The molecule has 0 atom stereocenters. The van der Waals surface area contributed by atoms with E-state index in [4.69, 9.17) is 4.42 Å². The predicted octanol–water partition coefficient (Wildman–Crippen LogP) is 14.2. The highest BCUT2D eigenvalue weighted by Gasteiger charge is 2.28. The molecule has 0 bridgehead atoms. The van der Waals surface area contributed by atoms with Crippen LogP contribution in [0.2, 0.25) is 0 Å². The van der Waals surface area contributed by atoms with Gasteiger partial charge in [-0.2, -0.15) is 0 Å². The van der Waals surface area contributed by atoms with Crippen LogP contribution in [0.5, 0.6) is 0 Å². The molecule has 0 aliphatic heterocycles. The summed E-state index contributed by atoms with van der Waals surface area (Å²) < 4.78 is 11.9. The lowest BCUT2D eigenvalue weighted by Gasteiger charge is -2.14. The van der Waals surface area contributed by atoms with Crippen LogP contribution in [0.25, 0.3) is 121 Å². The van der Waals surface area contributed by atoms with Gasteiger partial charge in [-0.25, -0.2) is 0 Å². The molecule has 3 nitrogen and oxygen atoms in total. The van der Waals surface area contributed by atoms with Crippen LogP contribution in [0, 0.1) is 0 Å². The average molecular weight is 699 g/mol. The van der Waals surface area contributed by atoms with Gasteiger partial charge in [0.25, 0.3) is 0 Å². The molecule has 1 aliphatic carbocycles. The number of nitrogens with zero attached hydrogens (tertiary/aromatic N) is 2. The fourth-order valence-electron chi connectivity index (χ4n) is 9.87. The summed E-state index contributed by atoms with van der Waals surface area (Å²) in [5, 5.41) is 9.63. The molecule has 0 radical (unpaired) electrons. The van der Waals surface area contributed by atoms with E-state index in [1.807, 2.05) is 0 Å². The third-order valence-electron chi connectivity index (χ3n) is 12.0. The second-order valence-electron chi connectivity index (χ2n) is 14.8. The maximum absolute atomic E-state index is 6.99. The largest absolute Gasteiger partial charge is 0.455 e. The smallest absolute Gasteiger partial charge is 0.147 e.